The zero-order chi connectivity index (χ0) is 24.1. The Kier molecular flexibility index (Phi) is 6.90. The number of hydrogen-bond donors (Lipinski definition) is 1. The molecule has 0 aliphatic heterocycles. The molecule has 0 aliphatic carbocycles. The number of fused-ring (bicyclic) bond motifs is 1. The van der Waals surface area contributed by atoms with Gasteiger partial charge in [-0.15, -0.1) is 10.2 Å². The van der Waals surface area contributed by atoms with Gasteiger partial charge in [0.1, 0.15) is 28.8 Å². The van der Waals surface area contributed by atoms with Crippen LogP contribution in [0.4, 0.5) is 5.13 Å². The van der Waals surface area contributed by atoms with Crippen molar-refractivity contribution in [3.05, 3.63) is 62.0 Å². The summed E-state index contributed by atoms with van der Waals surface area (Å²) in [5.74, 6) is 0.206. The van der Waals surface area contributed by atoms with Crippen molar-refractivity contribution >= 4 is 44.7 Å². The molecule has 0 atom stereocenters. The Balaban J connectivity index is 1.51. The van der Waals surface area contributed by atoms with Crippen LogP contribution in [0, 0.1) is 11.3 Å². The number of nitrogens with one attached hydrogen (secondary N) is 1. The number of carbonyl (C=O) groups is 1. The standard InChI is InChI=1S/C21H17N7O4S2/c1-3-17-27-28-18(29)8-14(24-21(28)34-17)10-32-15-5-4-12(7-16(15)31-2)6-13(9-22)19(30)25-20-26-23-11-33-20/h4-8,11H,3,10H2,1-2H3,(H,25,26,30)/b13-6-. The van der Waals surface area contributed by atoms with E-state index < -0.39 is 5.91 Å². The van der Waals surface area contributed by atoms with Crippen molar-refractivity contribution in [1.29, 1.82) is 5.26 Å². The predicted molar refractivity (Wildman–Crippen MR) is 126 cm³/mol. The summed E-state index contributed by atoms with van der Waals surface area (Å²) in [6, 6.07) is 8.21. The molecule has 34 heavy (non-hydrogen) atoms. The van der Waals surface area contributed by atoms with Gasteiger partial charge < -0.3 is 9.47 Å². The second kappa shape index (κ2) is 10.2. The number of methoxy groups -OCH3 is 1. The van der Waals surface area contributed by atoms with Crippen molar-refractivity contribution in [3.8, 4) is 17.6 Å². The lowest BCUT2D eigenvalue weighted by Crippen LogP contribution is -2.16. The number of aromatic nitrogens is 5. The lowest BCUT2D eigenvalue weighted by atomic mass is 10.1. The van der Waals surface area contributed by atoms with E-state index in [0.29, 0.717) is 39.3 Å². The normalized spacial score (nSPS) is 11.3. The highest BCUT2D eigenvalue weighted by molar-refractivity contribution is 7.16. The average Bonchev–Trinajstić information content (AvgIpc) is 3.51. The van der Waals surface area contributed by atoms with Gasteiger partial charge in [-0.25, -0.2) is 4.98 Å². The van der Waals surface area contributed by atoms with Gasteiger partial charge >= 0.3 is 0 Å². The fraction of sp³-hybridized carbons (Fsp3) is 0.190. The Morgan fingerprint density at radius 1 is 1.32 bits per heavy atom. The number of benzene rings is 1. The van der Waals surface area contributed by atoms with Gasteiger partial charge in [0.25, 0.3) is 11.5 Å². The Morgan fingerprint density at radius 3 is 2.88 bits per heavy atom. The second-order valence-electron chi connectivity index (χ2n) is 6.70. The molecule has 0 unspecified atom stereocenters. The van der Waals surface area contributed by atoms with Crippen LogP contribution in [-0.2, 0) is 17.8 Å². The van der Waals surface area contributed by atoms with Crippen LogP contribution >= 0.6 is 22.7 Å². The molecule has 1 amide bonds. The average molecular weight is 496 g/mol. The molecule has 3 aromatic heterocycles. The van der Waals surface area contributed by atoms with Crippen molar-refractivity contribution in [1.82, 2.24) is 24.8 Å². The van der Waals surface area contributed by atoms with E-state index in [0.717, 1.165) is 16.3 Å². The van der Waals surface area contributed by atoms with E-state index in [2.05, 4.69) is 25.6 Å². The van der Waals surface area contributed by atoms with Crippen LogP contribution in [0.1, 0.15) is 23.2 Å². The fourth-order valence-electron chi connectivity index (χ4n) is 2.86. The highest BCUT2D eigenvalue weighted by atomic mass is 32.1. The molecule has 13 heteroatoms. The largest absolute Gasteiger partial charge is 0.493 e. The van der Waals surface area contributed by atoms with Crippen molar-refractivity contribution < 1.29 is 14.3 Å². The SMILES string of the molecule is CCc1nn2c(=O)cc(COc3ccc(/C=C(/C#N)C(=O)Nc4nncs4)cc3OC)nc2s1. The molecule has 0 saturated heterocycles. The Hall–Kier alpha value is -4.15. The van der Waals surface area contributed by atoms with Gasteiger partial charge in [0.15, 0.2) is 11.5 Å². The minimum absolute atomic E-state index is 0.0460. The van der Waals surface area contributed by atoms with Crippen LogP contribution in [0.2, 0.25) is 0 Å². The van der Waals surface area contributed by atoms with E-state index in [1.54, 1.807) is 18.2 Å². The van der Waals surface area contributed by atoms with Crippen LogP contribution in [0.15, 0.2) is 40.1 Å². The molecule has 0 aliphatic rings. The van der Waals surface area contributed by atoms with E-state index in [9.17, 15) is 14.9 Å². The monoisotopic (exact) mass is 495 g/mol. The van der Waals surface area contributed by atoms with E-state index >= 15 is 0 Å². The zero-order valence-electron chi connectivity index (χ0n) is 18.0. The van der Waals surface area contributed by atoms with Crippen molar-refractivity contribution in [3.63, 3.8) is 0 Å². The lowest BCUT2D eigenvalue weighted by molar-refractivity contribution is -0.112. The summed E-state index contributed by atoms with van der Waals surface area (Å²) in [5, 5.41) is 24.6. The Bertz CT molecular complexity index is 1470. The smallest absolute Gasteiger partial charge is 0.275 e. The molecule has 11 nitrogen and oxygen atoms in total. The predicted octanol–water partition coefficient (Wildman–Crippen LogP) is 2.70. The fourth-order valence-corrected chi connectivity index (χ4v) is 4.16. The third kappa shape index (κ3) is 5.08. The maximum absolute atomic E-state index is 12.3. The van der Waals surface area contributed by atoms with Gasteiger partial charge in [0.2, 0.25) is 10.1 Å². The topological polar surface area (TPSA) is 144 Å². The molecule has 1 N–H and O–H groups in total. The van der Waals surface area contributed by atoms with Crippen LogP contribution in [-0.4, -0.2) is 37.8 Å². The Morgan fingerprint density at radius 2 is 2.18 bits per heavy atom. The molecule has 0 spiro atoms. The molecule has 4 aromatic rings. The molecule has 0 radical (unpaired) electrons. The van der Waals surface area contributed by atoms with Gasteiger partial charge in [-0.2, -0.15) is 14.9 Å². The van der Waals surface area contributed by atoms with Crippen LogP contribution in [0.25, 0.3) is 11.0 Å². The van der Waals surface area contributed by atoms with Gasteiger partial charge in [-0.3, -0.25) is 14.9 Å². The third-order valence-electron chi connectivity index (χ3n) is 4.46. The number of anilines is 1. The van der Waals surface area contributed by atoms with Gasteiger partial charge in [0, 0.05) is 6.07 Å². The van der Waals surface area contributed by atoms with Crippen molar-refractivity contribution in [2.75, 3.05) is 12.4 Å². The molecule has 3 heterocycles. The highest BCUT2D eigenvalue weighted by Crippen LogP contribution is 2.29. The number of nitrogens with zero attached hydrogens (tertiary/aromatic N) is 6. The number of aryl methyl sites for hydroxylation is 1. The molecular weight excluding hydrogens is 478 g/mol. The van der Waals surface area contributed by atoms with Gasteiger partial charge in [-0.1, -0.05) is 35.7 Å². The van der Waals surface area contributed by atoms with E-state index in [1.165, 1.54) is 40.6 Å². The summed E-state index contributed by atoms with van der Waals surface area (Å²) in [7, 11) is 1.48. The summed E-state index contributed by atoms with van der Waals surface area (Å²) >= 11 is 2.50. The summed E-state index contributed by atoms with van der Waals surface area (Å²) in [6.45, 7) is 2.01. The lowest BCUT2D eigenvalue weighted by Gasteiger charge is -2.11. The molecule has 1 aromatic carbocycles. The third-order valence-corrected chi connectivity index (χ3v) is 6.12. The molecular formula is C21H17N7O4S2. The molecule has 0 fully saturated rings. The second-order valence-corrected chi connectivity index (χ2v) is 8.57. The summed E-state index contributed by atoms with van der Waals surface area (Å²) in [4.78, 5) is 29.6. The quantitative estimate of drug-likeness (QED) is 0.288. The minimum atomic E-state index is -0.597. The maximum atomic E-state index is 12.3. The number of ether oxygens (including phenoxy) is 2. The molecule has 0 saturated carbocycles. The van der Waals surface area contributed by atoms with Crippen LogP contribution in [0.3, 0.4) is 0 Å². The first-order valence-corrected chi connectivity index (χ1v) is 11.6. The molecule has 4 rings (SSSR count). The minimum Gasteiger partial charge on any atom is -0.493 e. The summed E-state index contributed by atoms with van der Waals surface area (Å²) < 4.78 is 12.5. The zero-order valence-corrected chi connectivity index (χ0v) is 19.6. The molecule has 172 valence electrons. The molecule has 0 bridgehead atoms. The van der Waals surface area contributed by atoms with E-state index in [-0.39, 0.29) is 17.7 Å². The van der Waals surface area contributed by atoms with Gasteiger partial charge in [-0.05, 0) is 30.2 Å². The highest BCUT2D eigenvalue weighted by Gasteiger charge is 2.13. The van der Waals surface area contributed by atoms with Crippen LogP contribution in [0.5, 0.6) is 11.5 Å². The summed E-state index contributed by atoms with van der Waals surface area (Å²) in [5.41, 5.74) is 2.10. The van der Waals surface area contributed by atoms with Crippen molar-refractivity contribution in [2.24, 2.45) is 0 Å². The Labute approximate surface area is 200 Å². The van der Waals surface area contributed by atoms with Crippen molar-refractivity contribution in [2.45, 2.75) is 20.0 Å². The van der Waals surface area contributed by atoms with Crippen LogP contribution < -0.4 is 20.3 Å². The van der Waals surface area contributed by atoms with Gasteiger partial charge in [0.05, 0.1) is 12.8 Å². The number of nitriles is 1. The maximum Gasteiger partial charge on any atom is 0.275 e. The first kappa shape index (κ1) is 23.0. The number of rotatable bonds is 8. The summed E-state index contributed by atoms with van der Waals surface area (Å²) in [6.07, 6.45) is 2.14. The first-order chi connectivity index (χ1) is 16.5. The number of hydrogen-bond acceptors (Lipinski definition) is 11. The number of amides is 1. The van der Waals surface area contributed by atoms with E-state index in [4.69, 9.17) is 9.47 Å². The first-order valence-electron chi connectivity index (χ1n) is 9.89. The number of carbonyl (C=O) groups excluding carboxylic acids is 1. The van der Waals surface area contributed by atoms with E-state index in [1.807, 2.05) is 13.0 Å².